The molecule has 0 amide bonds. The van der Waals surface area contributed by atoms with E-state index in [0.717, 1.165) is 23.1 Å². The molecule has 1 fully saturated rings. The molecule has 0 unspecified atom stereocenters. The minimum absolute atomic E-state index is 0.400. The summed E-state index contributed by atoms with van der Waals surface area (Å²) in [6.45, 7) is 0. The van der Waals surface area contributed by atoms with Crippen molar-refractivity contribution in [2.45, 2.75) is 37.8 Å². The fourth-order valence-electron chi connectivity index (χ4n) is 2.30. The van der Waals surface area contributed by atoms with Crippen LogP contribution >= 0.6 is 15.9 Å². The molecule has 1 aliphatic carbocycles. The Morgan fingerprint density at radius 1 is 1.38 bits per heavy atom. The quantitative estimate of drug-likeness (QED) is 0.907. The van der Waals surface area contributed by atoms with Crippen LogP contribution in [-0.2, 0) is 0 Å². The molecule has 1 aromatic rings. The SMILES string of the molecule is CN(c1ncccc1Br)C1CCC(N)CC1. The average Bonchev–Trinajstić information content (AvgIpc) is 2.30. The van der Waals surface area contributed by atoms with Crippen LogP contribution in [-0.4, -0.2) is 24.1 Å². The third-order valence-corrected chi connectivity index (χ3v) is 3.98. The van der Waals surface area contributed by atoms with Crippen molar-refractivity contribution in [2.75, 3.05) is 11.9 Å². The maximum Gasteiger partial charge on any atom is 0.142 e. The largest absolute Gasteiger partial charge is 0.356 e. The van der Waals surface area contributed by atoms with E-state index >= 15 is 0 Å². The average molecular weight is 284 g/mol. The topological polar surface area (TPSA) is 42.2 Å². The van der Waals surface area contributed by atoms with Gasteiger partial charge in [-0.2, -0.15) is 0 Å². The molecule has 1 saturated carbocycles. The highest BCUT2D eigenvalue weighted by atomic mass is 79.9. The number of aromatic nitrogens is 1. The summed E-state index contributed by atoms with van der Waals surface area (Å²) in [5.74, 6) is 1.03. The van der Waals surface area contributed by atoms with Gasteiger partial charge in [-0.05, 0) is 53.7 Å². The molecule has 1 aliphatic rings. The van der Waals surface area contributed by atoms with E-state index in [1.54, 1.807) is 0 Å². The standard InChI is InChI=1S/C12H18BrN3/c1-16(10-6-4-9(14)5-7-10)12-11(13)3-2-8-15-12/h2-3,8-10H,4-7,14H2,1H3. The van der Waals surface area contributed by atoms with Crippen molar-refractivity contribution in [3.05, 3.63) is 22.8 Å². The van der Waals surface area contributed by atoms with Gasteiger partial charge >= 0.3 is 0 Å². The van der Waals surface area contributed by atoms with Crippen LogP contribution in [0, 0.1) is 0 Å². The molecule has 0 radical (unpaired) electrons. The van der Waals surface area contributed by atoms with Crippen molar-refractivity contribution in [1.82, 2.24) is 4.98 Å². The molecule has 0 aromatic carbocycles. The first-order chi connectivity index (χ1) is 7.68. The van der Waals surface area contributed by atoms with E-state index in [-0.39, 0.29) is 0 Å². The molecule has 0 aliphatic heterocycles. The number of rotatable bonds is 2. The van der Waals surface area contributed by atoms with Gasteiger partial charge in [-0.1, -0.05) is 0 Å². The molecule has 4 heteroatoms. The molecule has 0 bridgehead atoms. The van der Waals surface area contributed by atoms with Crippen LogP contribution in [0.15, 0.2) is 22.8 Å². The van der Waals surface area contributed by atoms with Crippen molar-refractivity contribution < 1.29 is 0 Å². The Hall–Kier alpha value is -0.610. The molecule has 1 heterocycles. The lowest BCUT2D eigenvalue weighted by molar-refractivity contribution is 0.383. The summed E-state index contributed by atoms with van der Waals surface area (Å²) in [6.07, 6.45) is 6.42. The summed E-state index contributed by atoms with van der Waals surface area (Å²) >= 11 is 3.55. The lowest BCUT2D eigenvalue weighted by atomic mass is 9.91. The van der Waals surface area contributed by atoms with E-state index in [9.17, 15) is 0 Å². The molecule has 2 N–H and O–H groups in total. The molecule has 88 valence electrons. The fourth-order valence-corrected chi connectivity index (χ4v) is 2.83. The molecule has 0 atom stereocenters. The second-order valence-electron chi connectivity index (χ2n) is 4.49. The van der Waals surface area contributed by atoms with E-state index in [0.29, 0.717) is 12.1 Å². The van der Waals surface area contributed by atoms with Crippen molar-refractivity contribution in [3.8, 4) is 0 Å². The lowest BCUT2D eigenvalue weighted by Gasteiger charge is -2.34. The van der Waals surface area contributed by atoms with Crippen LogP contribution in [0.2, 0.25) is 0 Å². The summed E-state index contributed by atoms with van der Waals surface area (Å²) in [7, 11) is 2.12. The van der Waals surface area contributed by atoms with Crippen molar-refractivity contribution in [3.63, 3.8) is 0 Å². The summed E-state index contributed by atoms with van der Waals surface area (Å²) in [5.41, 5.74) is 5.92. The van der Waals surface area contributed by atoms with E-state index in [2.05, 4.69) is 32.9 Å². The Balaban J connectivity index is 2.07. The van der Waals surface area contributed by atoms with Gasteiger partial charge in [-0.25, -0.2) is 4.98 Å². The highest BCUT2D eigenvalue weighted by molar-refractivity contribution is 9.10. The maximum atomic E-state index is 5.92. The number of nitrogens with zero attached hydrogens (tertiary/aromatic N) is 2. The highest BCUT2D eigenvalue weighted by Gasteiger charge is 2.23. The van der Waals surface area contributed by atoms with Crippen LogP contribution in [0.4, 0.5) is 5.82 Å². The van der Waals surface area contributed by atoms with Gasteiger partial charge in [0.2, 0.25) is 0 Å². The Labute approximate surface area is 105 Å². The first-order valence-corrected chi connectivity index (χ1v) is 6.56. The van der Waals surface area contributed by atoms with Crippen LogP contribution in [0.1, 0.15) is 25.7 Å². The van der Waals surface area contributed by atoms with E-state index in [4.69, 9.17) is 5.73 Å². The Morgan fingerprint density at radius 2 is 2.06 bits per heavy atom. The monoisotopic (exact) mass is 283 g/mol. The zero-order valence-corrected chi connectivity index (χ0v) is 11.2. The lowest BCUT2D eigenvalue weighted by Crippen LogP contribution is -2.39. The third-order valence-electron chi connectivity index (χ3n) is 3.36. The van der Waals surface area contributed by atoms with Gasteiger partial charge in [0.15, 0.2) is 0 Å². The van der Waals surface area contributed by atoms with Gasteiger partial charge < -0.3 is 10.6 Å². The van der Waals surface area contributed by atoms with Gasteiger partial charge in [0.1, 0.15) is 5.82 Å². The van der Waals surface area contributed by atoms with E-state index in [1.165, 1.54) is 12.8 Å². The maximum absolute atomic E-state index is 5.92. The number of anilines is 1. The Bertz CT molecular complexity index is 348. The highest BCUT2D eigenvalue weighted by Crippen LogP contribution is 2.28. The van der Waals surface area contributed by atoms with E-state index < -0.39 is 0 Å². The van der Waals surface area contributed by atoms with Crippen molar-refractivity contribution in [1.29, 1.82) is 0 Å². The minimum Gasteiger partial charge on any atom is -0.356 e. The summed E-state index contributed by atoms with van der Waals surface area (Å²) in [4.78, 5) is 6.69. The molecule has 16 heavy (non-hydrogen) atoms. The summed E-state index contributed by atoms with van der Waals surface area (Å²) in [5, 5.41) is 0. The predicted molar refractivity (Wildman–Crippen MR) is 70.6 cm³/mol. The van der Waals surface area contributed by atoms with Gasteiger partial charge in [0.25, 0.3) is 0 Å². The Kier molecular flexibility index (Phi) is 3.82. The number of halogens is 1. The van der Waals surface area contributed by atoms with Gasteiger partial charge in [-0.3, -0.25) is 0 Å². The number of pyridine rings is 1. The minimum atomic E-state index is 0.400. The van der Waals surface area contributed by atoms with E-state index in [1.807, 2.05) is 18.3 Å². The molecule has 1 aromatic heterocycles. The van der Waals surface area contributed by atoms with Crippen LogP contribution in [0.5, 0.6) is 0 Å². The molecule has 2 rings (SSSR count). The molecule has 3 nitrogen and oxygen atoms in total. The van der Waals surface area contributed by atoms with Gasteiger partial charge in [-0.15, -0.1) is 0 Å². The van der Waals surface area contributed by atoms with Crippen LogP contribution in [0.25, 0.3) is 0 Å². The molecule has 0 spiro atoms. The van der Waals surface area contributed by atoms with Crippen LogP contribution < -0.4 is 10.6 Å². The number of hydrogen-bond acceptors (Lipinski definition) is 3. The molecular weight excluding hydrogens is 266 g/mol. The Morgan fingerprint density at radius 3 is 2.69 bits per heavy atom. The predicted octanol–water partition coefficient (Wildman–Crippen LogP) is 2.55. The first-order valence-electron chi connectivity index (χ1n) is 5.77. The fraction of sp³-hybridized carbons (Fsp3) is 0.583. The van der Waals surface area contributed by atoms with Gasteiger partial charge in [0.05, 0.1) is 4.47 Å². The summed E-state index contributed by atoms with van der Waals surface area (Å²) in [6, 6.07) is 4.95. The third kappa shape index (κ3) is 2.55. The molecular formula is C12H18BrN3. The number of nitrogens with two attached hydrogens (primary N) is 1. The van der Waals surface area contributed by atoms with Crippen LogP contribution in [0.3, 0.4) is 0 Å². The second kappa shape index (κ2) is 5.15. The zero-order chi connectivity index (χ0) is 11.5. The van der Waals surface area contributed by atoms with Gasteiger partial charge in [0, 0.05) is 25.3 Å². The normalized spacial score (nSPS) is 25.4. The number of hydrogen-bond donors (Lipinski definition) is 1. The molecule has 0 saturated heterocycles. The van der Waals surface area contributed by atoms with Crippen molar-refractivity contribution >= 4 is 21.7 Å². The van der Waals surface area contributed by atoms with Crippen molar-refractivity contribution in [2.24, 2.45) is 5.73 Å². The second-order valence-corrected chi connectivity index (χ2v) is 5.34. The zero-order valence-electron chi connectivity index (χ0n) is 9.56. The smallest absolute Gasteiger partial charge is 0.142 e. The summed E-state index contributed by atoms with van der Waals surface area (Å²) < 4.78 is 1.06. The first kappa shape index (κ1) is 11.9.